The van der Waals surface area contributed by atoms with Crippen LogP contribution < -0.4 is 11.1 Å². The number of rotatable bonds is 8. The molecular weight excluding hydrogens is 386 g/mol. The lowest BCUT2D eigenvalue weighted by atomic mass is 9.95. The zero-order chi connectivity index (χ0) is 21.8. The van der Waals surface area contributed by atoms with Crippen LogP contribution in [-0.2, 0) is 0 Å². The summed E-state index contributed by atoms with van der Waals surface area (Å²) in [7, 11) is 0. The molecule has 0 saturated heterocycles. The summed E-state index contributed by atoms with van der Waals surface area (Å²) < 4.78 is 0. The topological polar surface area (TPSA) is 88.0 Å². The number of hydrogen-bond acceptors (Lipinski definition) is 3. The van der Waals surface area contributed by atoms with E-state index in [9.17, 15) is 9.59 Å². The molecule has 0 aliphatic carbocycles. The van der Waals surface area contributed by atoms with Crippen LogP contribution in [0.15, 0.2) is 85.1 Å². The van der Waals surface area contributed by atoms with E-state index < -0.39 is 11.9 Å². The Morgan fingerprint density at radius 3 is 2.29 bits per heavy atom. The lowest BCUT2D eigenvalue weighted by Gasteiger charge is -2.21. The van der Waals surface area contributed by atoms with Crippen LogP contribution >= 0.6 is 0 Å². The summed E-state index contributed by atoms with van der Waals surface area (Å²) in [5.74, 6) is -0.269. The molecule has 0 bridgehead atoms. The number of aromatic nitrogens is 1. The van der Waals surface area contributed by atoms with E-state index in [2.05, 4.69) is 17.2 Å². The highest BCUT2D eigenvalue weighted by Gasteiger charge is 2.24. The maximum atomic E-state index is 13.6. The molecule has 4 aromatic rings. The van der Waals surface area contributed by atoms with Gasteiger partial charge in [0.15, 0.2) is 5.78 Å². The van der Waals surface area contributed by atoms with E-state index in [-0.39, 0.29) is 11.7 Å². The zero-order valence-electron chi connectivity index (χ0n) is 17.3. The number of carbonyl (C=O) groups is 2. The predicted molar refractivity (Wildman–Crippen MR) is 123 cm³/mol. The molecule has 0 radical (unpaired) electrons. The highest BCUT2D eigenvalue weighted by Crippen LogP contribution is 2.25. The first-order valence-corrected chi connectivity index (χ1v) is 10.3. The second-order valence-corrected chi connectivity index (χ2v) is 7.75. The number of primary amides is 1. The quantitative estimate of drug-likeness (QED) is 0.371. The molecule has 5 heteroatoms. The second-order valence-electron chi connectivity index (χ2n) is 7.75. The molecule has 4 N–H and O–H groups in total. The summed E-state index contributed by atoms with van der Waals surface area (Å²) in [4.78, 5) is 28.1. The van der Waals surface area contributed by atoms with E-state index in [1.807, 2.05) is 66.7 Å². The molecule has 2 atom stereocenters. The van der Waals surface area contributed by atoms with Crippen molar-refractivity contribution in [3.05, 3.63) is 107 Å². The van der Waals surface area contributed by atoms with Gasteiger partial charge in [0.05, 0.1) is 6.04 Å². The average Bonchev–Trinajstić information content (AvgIpc) is 3.24. The number of aromatic amines is 1. The van der Waals surface area contributed by atoms with Gasteiger partial charge in [0.2, 0.25) is 5.91 Å². The molecule has 0 unspecified atom stereocenters. The van der Waals surface area contributed by atoms with Crippen molar-refractivity contribution in [2.75, 3.05) is 6.54 Å². The van der Waals surface area contributed by atoms with E-state index in [0.717, 1.165) is 22.0 Å². The van der Waals surface area contributed by atoms with E-state index in [1.54, 1.807) is 18.3 Å². The second kappa shape index (κ2) is 8.98. The van der Waals surface area contributed by atoms with Crippen LogP contribution in [-0.4, -0.2) is 23.2 Å². The molecule has 5 nitrogen and oxygen atoms in total. The minimum atomic E-state index is -0.465. The van der Waals surface area contributed by atoms with Crippen molar-refractivity contribution in [1.82, 2.24) is 10.3 Å². The number of hydrogen-bond donors (Lipinski definition) is 3. The van der Waals surface area contributed by atoms with E-state index in [4.69, 9.17) is 5.73 Å². The summed E-state index contributed by atoms with van der Waals surface area (Å²) in [6, 6.07) is 24.4. The van der Waals surface area contributed by atoms with Gasteiger partial charge in [-0.05, 0) is 35.2 Å². The fourth-order valence-corrected chi connectivity index (χ4v) is 3.83. The van der Waals surface area contributed by atoms with Crippen LogP contribution in [0.2, 0.25) is 0 Å². The van der Waals surface area contributed by atoms with Gasteiger partial charge in [-0.2, -0.15) is 0 Å². The van der Waals surface area contributed by atoms with Crippen LogP contribution in [0, 0.1) is 0 Å². The van der Waals surface area contributed by atoms with Crippen LogP contribution in [0.4, 0.5) is 0 Å². The first-order valence-electron chi connectivity index (χ1n) is 10.3. The zero-order valence-corrected chi connectivity index (χ0v) is 17.3. The third kappa shape index (κ3) is 4.42. The number of carbonyl (C=O) groups excluding carboxylic acids is 2. The molecule has 0 fully saturated rings. The molecule has 156 valence electrons. The van der Waals surface area contributed by atoms with Gasteiger partial charge in [0.25, 0.3) is 0 Å². The maximum Gasteiger partial charge on any atom is 0.248 e. The summed E-state index contributed by atoms with van der Waals surface area (Å²) in [6.07, 6.45) is 1.79. The van der Waals surface area contributed by atoms with Crippen molar-refractivity contribution in [2.24, 2.45) is 5.73 Å². The van der Waals surface area contributed by atoms with Crippen molar-refractivity contribution in [3.63, 3.8) is 0 Å². The van der Waals surface area contributed by atoms with Crippen molar-refractivity contribution in [2.45, 2.75) is 18.9 Å². The molecule has 4 rings (SSSR count). The number of fused-ring (bicyclic) bond motifs is 1. The molecule has 1 heterocycles. The van der Waals surface area contributed by atoms with Gasteiger partial charge in [0.1, 0.15) is 0 Å². The smallest absolute Gasteiger partial charge is 0.248 e. The first-order chi connectivity index (χ1) is 15.0. The number of Topliss-reactive ketones (excluding diaryl/α,β-unsaturated/α-hetero) is 1. The van der Waals surface area contributed by atoms with Gasteiger partial charge in [0, 0.05) is 34.8 Å². The lowest BCUT2D eigenvalue weighted by Crippen LogP contribution is -2.31. The minimum absolute atomic E-state index is 0.0277. The number of ketones is 1. The van der Waals surface area contributed by atoms with E-state index >= 15 is 0 Å². The predicted octanol–water partition coefficient (Wildman–Crippen LogP) is 4.58. The molecule has 1 amide bonds. The fourth-order valence-electron chi connectivity index (χ4n) is 3.83. The average molecular weight is 412 g/mol. The monoisotopic (exact) mass is 411 g/mol. The van der Waals surface area contributed by atoms with Crippen molar-refractivity contribution < 1.29 is 9.59 Å². The maximum absolute atomic E-state index is 13.6. The minimum Gasteiger partial charge on any atom is -0.366 e. The SMILES string of the molecule is C[C@H](CN[C@@H](C(=O)c1c[nH]c2ccccc12)c1ccccc1)c1ccc(C(N)=O)cc1. The normalized spacial score (nSPS) is 13.1. The molecule has 0 aliphatic rings. The van der Waals surface area contributed by atoms with Crippen molar-refractivity contribution in [3.8, 4) is 0 Å². The van der Waals surface area contributed by atoms with Crippen molar-refractivity contribution in [1.29, 1.82) is 0 Å². The Hall–Kier alpha value is -3.70. The number of nitrogens with two attached hydrogens (primary N) is 1. The number of H-pyrrole nitrogens is 1. The Kier molecular flexibility index (Phi) is 5.96. The van der Waals surface area contributed by atoms with Crippen molar-refractivity contribution >= 4 is 22.6 Å². The van der Waals surface area contributed by atoms with Crippen LogP contribution in [0.5, 0.6) is 0 Å². The molecule has 0 spiro atoms. The van der Waals surface area contributed by atoms with Gasteiger partial charge in [-0.15, -0.1) is 0 Å². The number of nitrogens with one attached hydrogen (secondary N) is 2. The van der Waals surface area contributed by atoms with Gasteiger partial charge in [-0.1, -0.05) is 67.6 Å². The molecule has 31 heavy (non-hydrogen) atoms. The van der Waals surface area contributed by atoms with Gasteiger partial charge in [-0.3, -0.25) is 9.59 Å². The lowest BCUT2D eigenvalue weighted by molar-refractivity contribution is 0.0942. The third-order valence-corrected chi connectivity index (χ3v) is 5.64. The molecule has 3 aromatic carbocycles. The Labute approximate surface area is 181 Å². The Bertz CT molecular complexity index is 1200. The van der Waals surface area contributed by atoms with Crippen LogP contribution in [0.3, 0.4) is 0 Å². The highest BCUT2D eigenvalue weighted by atomic mass is 16.1. The van der Waals surface area contributed by atoms with Crippen LogP contribution in [0.25, 0.3) is 10.9 Å². The number of para-hydroxylation sites is 1. The molecule has 0 saturated carbocycles. The Morgan fingerprint density at radius 2 is 1.58 bits per heavy atom. The van der Waals surface area contributed by atoms with Gasteiger partial charge >= 0.3 is 0 Å². The largest absolute Gasteiger partial charge is 0.366 e. The summed E-state index contributed by atoms with van der Waals surface area (Å²) in [5, 5.41) is 4.39. The summed E-state index contributed by atoms with van der Waals surface area (Å²) >= 11 is 0. The number of amides is 1. The molecular formula is C26H25N3O2. The first kappa shape index (κ1) is 20.6. The van der Waals surface area contributed by atoms with E-state index in [0.29, 0.717) is 17.7 Å². The number of benzene rings is 3. The standard InChI is InChI=1S/C26H25N3O2/c1-17(18-11-13-20(14-12-18)26(27)31)15-29-24(19-7-3-2-4-8-19)25(30)22-16-28-23-10-6-5-9-21(22)23/h2-14,16-17,24,28-29H,15H2,1H3,(H2,27,31)/t17-,24-/m1/s1. The van der Waals surface area contributed by atoms with Gasteiger partial charge in [-0.25, -0.2) is 0 Å². The third-order valence-electron chi connectivity index (χ3n) is 5.64. The molecule has 0 aliphatic heterocycles. The van der Waals surface area contributed by atoms with Crippen LogP contribution in [0.1, 0.15) is 50.7 Å². The summed E-state index contributed by atoms with van der Waals surface area (Å²) in [6.45, 7) is 2.69. The Morgan fingerprint density at radius 1 is 0.903 bits per heavy atom. The highest BCUT2D eigenvalue weighted by molar-refractivity contribution is 6.10. The van der Waals surface area contributed by atoms with Gasteiger partial charge < -0.3 is 16.0 Å². The summed E-state index contributed by atoms with van der Waals surface area (Å²) in [5.41, 5.74) is 9.44. The Balaban J connectivity index is 1.57. The fraction of sp³-hybridized carbons (Fsp3) is 0.154. The van der Waals surface area contributed by atoms with E-state index in [1.165, 1.54) is 0 Å². The molecule has 1 aromatic heterocycles.